The van der Waals surface area contributed by atoms with Gasteiger partial charge in [-0.3, -0.25) is 4.79 Å². The van der Waals surface area contributed by atoms with Crippen LogP contribution in [-0.2, 0) is 9.53 Å². The molecule has 1 atom stereocenters. The summed E-state index contributed by atoms with van der Waals surface area (Å²) in [7, 11) is 1.56. The minimum atomic E-state index is -0.503. The van der Waals surface area contributed by atoms with Gasteiger partial charge in [0, 0.05) is 12.7 Å². The maximum atomic E-state index is 11.9. The second-order valence-corrected chi connectivity index (χ2v) is 4.31. The zero-order chi connectivity index (χ0) is 14.3. The van der Waals surface area contributed by atoms with E-state index in [9.17, 15) is 4.79 Å². The van der Waals surface area contributed by atoms with E-state index in [4.69, 9.17) is 15.2 Å². The van der Waals surface area contributed by atoms with Gasteiger partial charge in [-0.15, -0.1) is 0 Å². The van der Waals surface area contributed by atoms with E-state index in [-0.39, 0.29) is 5.91 Å². The van der Waals surface area contributed by atoms with Crippen LogP contribution in [0.4, 0.5) is 11.4 Å². The summed E-state index contributed by atoms with van der Waals surface area (Å²) in [6.07, 6.45) is 1.48. The third-order valence-electron chi connectivity index (χ3n) is 2.75. The summed E-state index contributed by atoms with van der Waals surface area (Å²) >= 11 is 0. The van der Waals surface area contributed by atoms with Crippen molar-refractivity contribution in [2.24, 2.45) is 0 Å². The Morgan fingerprint density at radius 1 is 1.47 bits per heavy atom. The van der Waals surface area contributed by atoms with E-state index in [0.717, 1.165) is 12.8 Å². The molecule has 0 spiro atoms. The molecular formula is C14H22N2O3. The van der Waals surface area contributed by atoms with Crippen molar-refractivity contribution >= 4 is 17.3 Å². The summed E-state index contributed by atoms with van der Waals surface area (Å²) in [6.45, 7) is 4.38. The number of hydrogen-bond acceptors (Lipinski definition) is 4. The van der Waals surface area contributed by atoms with Crippen LogP contribution in [0.2, 0.25) is 0 Å². The van der Waals surface area contributed by atoms with Crippen molar-refractivity contribution in [1.29, 1.82) is 0 Å². The van der Waals surface area contributed by atoms with Crippen LogP contribution in [0.3, 0.4) is 0 Å². The monoisotopic (exact) mass is 266 g/mol. The van der Waals surface area contributed by atoms with E-state index in [1.807, 2.05) is 0 Å². The fraction of sp³-hybridized carbons (Fsp3) is 0.500. The van der Waals surface area contributed by atoms with Gasteiger partial charge in [-0.05, 0) is 25.5 Å². The Balaban J connectivity index is 2.60. The number of rotatable bonds is 7. The Kier molecular flexibility index (Phi) is 6.15. The molecule has 0 aromatic heterocycles. The summed E-state index contributed by atoms with van der Waals surface area (Å²) in [5.41, 5.74) is 6.84. The van der Waals surface area contributed by atoms with Crippen molar-refractivity contribution in [3.63, 3.8) is 0 Å². The molecule has 3 N–H and O–H groups in total. The lowest BCUT2D eigenvalue weighted by molar-refractivity contribution is -0.126. The van der Waals surface area contributed by atoms with E-state index in [2.05, 4.69) is 12.2 Å². The van der Waals surface area contributed by atoms with Gasteiger partial charge in [-0.1, -0.05) is 13.3 Å². The van der Waals surface area contributed by atoms with Crippen LogP contribution in [0.1, 0.15) is 26.7 Å². The largest absolute Gasteiger partial charge is 0.497 e. The van der Waals surface area contributed by atoms with Crippen molar-refractivity contribution in [2.75, 3.05) is 24.8 Å². The number of benzene rings is 1. The van der Waals surface area contributed by atoms with Crippen LogP contribution < -0.4 is 15.8 Å². The first-order valence-electron chi connectivity index (χ1n) is 6.44. The first-order valence-corrected chi connectivity index (χ1v) is 6.44. The molecule has 106 valence electrons. The van der Waals surface area contributed by atoms with E-state index >= 15 is 0 Å². The third-order valence-corrected chi connectivity index (χ3v) is 2.75. The minimum absolute atomic E-state index is 0.212. The maximum Gasteiger partial charge on any atom is 0.253 e. The number of ether oxygens (including phenoxy) is 2. The molecule has 19 heavy (non-hydrogen) atoms. The lowest BCUT2D eigenvalue weighted by Crippen LogP contribution is -2.28. The average molecular weight is 266 g/mol. The highest BCUT2D eigenvalue weighted by Crippen LogP contribution is 2.24. The molecule has 0 saturated heterocycles. The summed E-state index contributed by atoms with van der Waals surface area (Å²) < 4.78 is 10.5. The highest BCUT2D eigenvalue weighted by atomic mass is 16.5. The molecule has 1 unspecified atom stereocenters. The average Bonchev–Trinajstić information content (AvgIpc) is 2.41. The highest BCUT2D eigenvalue weighted by Gasteiger charge is 2.14. The van der Waals surface area contributed by atoms with Gasteiger partial charge in [0.1, 0.15) is 11.9 Å². The van der Waals surface area contributed by atoms with Gasteiger partial charge in [-0.2, -0.15) is 0 Å². The standard InChI is InChI=1S/C14H22N2O3/c1-4-5-8-19-10(2)14(17)16-13-9-11(18-3)6-7-12(13)15/h6-7,9-10H,4-5,8,15H2,1-3H3,(H,16,17). The lowest BCUT2D eigenvalue weighted by atomic mass is 10.2. The zero-order valence-corrected chi connectivity index (χ0v) is 11.7. The number of nitrogens with one attached hydrogen (secondary N) is 1. The fourth-order valence-electron chi connectivity index (χ4n) is 1.49. The molecular weight excluding hydrogens is 244 g/mol. The predicted octanol–water partition coefficient (Wildman–Crippen LogP) is 2.42. The second kappa shape index (κ2) is 7.63. The van der Waals surface area contributed by atoms with Gasteiger partial charge in [0.05, 0.1) is 18.5 Å². The van der Waals surface area contributed by atoms with Gasteiger partial charge in [0.25, 0.3) is 5.91 Å². The van der Waals surface area contributed by atoms with Gasteiger partial charge in [0.15, 0.2) is 0 Å². The van der Waals surface area contributed by atoms with Gasteiger partial charge >= 0.3 is 0 Å². The Bertz CT molecular complexity index is 421. The molecule has 1 amide bonds. The molecule has 1 rings (SSSR count). The molecule has 0 radical (unpaired) electrons. The van der Waals surface area contributed by atoms with Crippen LogP contribution in [-0.4, -0.2) is 25.7 Å². The normalized spacial score (nSPS) is 11.9. The molecule has 0 aliphatic rings. The summed E-state index contributed by atoms with van der Waals surface area (Å²) in [6, 6.07) is 5.12. The number of hydrogen-bond donors (Lipinski definition) is 2. The molecule has 1 aromatic rings. The molecule has 5 nitrogen and oxygen atoms in total. The molecule has 0 aliphatic carbocycles. The molecule has 0 fully saturated rings. The fourth-order valence-corrected chi connectivity index (χ4v) is 1.49. The number of nitrogens with two attached hydrogens (primary N) is 1. The number of anilines is 2. The number of methoxy groups -OCH3 is 1. The molecule has 0 bridgehead atoms. The second-order valence-electron chi connectivity index (χ2n) is 4.31. The Hall–Kier alpha value is -1.75. The van der Waals surface area contributed by atoms with Crippen LogP contribution in [0.25, 0.3) is 0 Å². The molecule has 5 heteroatoms. The predicted molar refractivity (Wildman–Crippen MR) is 76.4 cm³/mol. The van der Waals surface area contributed by atoms with E-state index in [1.54, 1.807) is 32.2 Å². The summed E-state index contributed by atoms with van der Waals surface area (Å²) in [4.78, 5) is 11.9. The number of carbonyl (C=O) groups excluding carboxylic acids is 1. The van der Waals surface area contributed by atoms with Gasteiger partial charge in [-0.25, -0.2) is 0 Å². The number of nitrogen functional groups attached to an aromatic ring is 1. The maximum absolute atomic E-state index is 11.9. The number of amides is 1. The first kappa shape index (κ1) is 15.3. The number of unbranched alkanes of at least 4 members (excludes halogenated alkanes) is 1. The Morgan fingerprint density at radius 3 is 2.84 bits per heavy atom. The highest BCUT2D eigenvalue weighted by molar-refractivity contribution is 5.96. The first-order chi connectivity index (χ1) is 9.08. The van der Waals surface area contributed by atoms with Gasteiger partial charge in [0.2, 0.25) is 0 Å². The molecule has 0 heterocycles. The van der Waals surface area contributed by atoms with Crippen LogP contribution >= 0.6 is 0 Å². The van der Waals surface area contributed by atoms with Crippen molar-refractivity contribution in [3.05, 3.63) is 18.2 Å². The Labute approximate surface area is 114 Å². The van der Waals surface area contributed by atoms with Crippen LogP contribution in [0.5, 0.6) is 5.75 Å². The van der Waals surface area contributed by atoms with Crippen LogP contribution in [0.15, 0.2) is 18.2 Å². The topological polar surface area (TPSA) is 73.6 Å². The minimum Gasteiger partial charge on any atom is -0.497 e. The smallest absolute Gasteiger partial charge is 0.253 e. The van der Waals surface area contributed by atoms with Crippen molar-refractivity contribution in [1.82, 2.24) is 0 Å². The lowest BCUT2D eigenvalue weighted by Gasteiger charge is -2.15. The zero-order valence-electron chi connectivity index (χ0n) is 11.7. The van der Waals surface area contributed by atoms with Gasteiger partial charge < -0.3 is 20.5 Å². The van der Waals surface area contributed by atoms with Crippen LogP contribution in [0, 0.1) is 0 Å². The van der Waals surface area contributed by atoms with Crippen molar-refractivity contribution in [3.8, 4) is 5.75 Å². The summed E-state index contributed by atoms with van der Waals surface area (Å²) in [5, 5.41) is 2.74. The Morgan fingerprint density at radius 2 is 2.21 bits per heavy atom. The quantitative estimate of drug-likeness (QED) is 0.587. The van der Waals surface area contributed by atoms with E-state index in [0.29, 0.717) is 23.7 Å². The summed E-state index contributed by atoms with van der Waals surface area (Å²) in [5.74, 6) is 0.431. The number of carbonyl (C=O) groups is 1. The molecule has 1 aromatic carbocycles. The molecule has 0 saturated carbocycles. The van der Waals surface area contributed by atoms with Crippen molar-refractivity contribution < 1.29 is 14.3 Å². The van der Waals surface area contributed by atoms with Crippen molar-refractivity contribution in [2.45, 2.75) is 32.8 Å². The van der Waals surface area contributed by atoms with E-state index < -0.39 is 6.10 Å². The van der Waals surface area contributed by atoms with E-state index in [1.165, 1.54) is 0 Å². The third kappa shape index (κ3) is 4.79. The molecule has 0 aliphatic heterocycles. The SMILES string of the molecule is CCCCOC(C)C(=O)Nc1cc(OC)ccc1N.